The number of aromatic nitrogens is 3. The summed E-state index contributed by atoms with van der Waals surface area (Å²) in [4.78, 5) is 26.5. The zero-order valence-corrected chi connectivity index (χ0v) is 16.6. The molecule has 1 aliphatic heterocycles. The third kappa shape index (κ3) is 6.10. The minimum absolute atomic E-state index is 0.111. The van der Waals surface area contributed by atoms with Gasteiger partial charge in [-0.25, -0.2) is 15.0 Å². The summed E-state index contributed by atoms with van der Waals surface area (Å²) in [5.74, 6) is 0.923. The smallest absolute Gasteiger partial charge is 0.238 e. The van der Waals surface area contributed by atoms with Crippen molar-refractivity contribution in [1.82, 2.24) is 25.2 Å². The van der Waals surface area contributed by atoms with Gasteiger partial charge in [0.15, 0.2) is 5.69 Å². The maximum absolute atomic E-state index is 12.2. The number of likely N-dealkylation sites (N-methyl/N-ethyl adjacent to an activating group) is 1. The normalized spacial score (nSPS) is 16.1. The molecule has 1 saturated heterocycles. The van der Waals surface area contributed by atoms with E-state index in [4.69, 9.17) is 5.26 Å². The first-order valence-corrected chi connectivity index (χ1v) is 9.44. The Morgan fingerprint density at radius 2 is 2.07 bits per heavy atom. The van der Waals surface area contributed by atoms with E-state index in [0.29, 0.717) is 17.3 Å². The van der Waals surface area contributed by atoms with Gasteiger partial charge in [0.05, 0.1) is 36.5 Å². The third-order valence-electron chi connectivity index (χ3n) is 4.32. The van der Waals surface area contributed by atoms with Gasteiger partial charge in [0.2, 0.25) is 5.91 Å². The molecule has 0 spiro atoms. The molecule has 29 heavy (non-hydrogen) atoms. The Kier molecular flexibility index (Phi) is 6.89. The van der Waals surface area contributed by atoms with E-state index in [1.54, 1.807) is 11.1 Å². The van der Waals surface area contributed by atoms with Crippen molar-refractivity contribution in [3.05, 3.63) is 30.4 Å². The number of rotatable bonds is 7. The van der Waals surface area contributed by atoms with Gasteiger partial charge in [-0.3, -0.25) is 4.79 Å². The molecule has 0 aromatic carbocycles. The number of pyridine rings is 1. The summed E-state index contributed by atoms with van der Waals surface area (Å²) in [6.07, 6.45) is 6.63. The van der Waals surface area contributed by atoms with E-state index in [9.17, 15) is 4.79 Å². The molecule has 1 fully saturated rings. The quantitative estimate of drug-likeness (QED) is 0.545. The molecule has 10 heteroatoms. The number of piperidine rings is 1. The van der Waals surface area contributed by atoms with Crippen molar-refractivity contribution in [3.63, 3.8) is 0 Å². The summed E-state index contributed by atoms with van der Waals surface area (Å²) in [5, 5.41) is 21.7. The molecular weight excluding hydrogens is 370 g/mol. The highest BCUT2D eigenvalue weighted by Crippen LogP contribution is 2.26. The number of nitriles is 1. The van der Waals surface area contributed by atoms with Crippen LogP contribution in [0.25, 0.3) is 0 Å². The van der Waals surface area contributed by atoms with E-state index in [2.05, 4.69) is 36.2 Å². The molecule has 1 aliphatic rings. The number of carbonyl (C=O) groups is 1. The number of carbonyl (C=O) groups excluding carboxylic acids is 1. The van der Waals surface area contributed by atoms with Crippen molar-refractivity contribution in [2.24, 2.45) is 0 Å². The standard InChI is InChI=1S/C19H25N9O/c1-28(2)12-19(29)26-16-10-24-17(27-18-11-22-14(7-20)9-23-18)6-15(16)25-13-4-3-5-21-8-13/h6,9-11,13,21H,3-5,8,12H2,1-2H3,(H,26,29)(H2,23,24,25,27)/t13-/m0/s1. The molecule has 1 atom stereocenters. The highest BCUT2D eigenvalue weighted by atomic mass is 16.2. The second-order valence-electron chi connectivity index (χ2n) is 7.11. The molecule has 2 aromatic rings. The number of anilines is 4. The number of nitrogens with one attached hydrogen (secondary N) is 4. The van der Waals surface area contributed by atoms with Crippen molar-refractivity contribution < 1.29 is 4.79 Å². The van der Waals surface area contributed by atoms with Crippen LogP contribution in [0.15, 0.2) is 24.7 Å². The Morgan fingerprint density at radius 3 is 2.72 bits per heavy atom. The molecular formula is C19H25N9O. The van der Waals surface area contributed by atoms with E-state index >= 15 is 0 Å². The van der Waals surface area contributed by atoms with Crippen LogP contribution in [0.2, 0.25) is 0 Å². The third-order valence-corrected chi connectivity index (χ3v) is 4.32. The van der Waals surface area contributed by atoms with Gasteiger partial charge in [-0.1, -0.05) is 0 Å². The Bertz CT molecular complexity index is 870. The lowest BCUT2D eigenvalue weighted by Crippen LogP contribution is -2.38. The summed E-state index contributed by atoms with van der Waals surface area (Å²) < 4.78 is 0. The largest absolute Gasteiger partial charge is 0.379 e. The minimum atomic E-state index is -0.111. The van der Waals surface area contributed by atoms with Gasteiger partial charge in [0.25, 0.3) is 0 Å². The number of hydrogen-bond acceptors (Lipinski definition) is 9. The fourth-order valence-corrected chi connectivity index (χ4v) is 3.00. The predicted molar refractivity (Wildman–Crippen MR) is 111 cm³/mol. The summed E-state index contributed by atoms with van der Waals surface area (Å²) in [6, 6.07) is 4.03. The lowest BCUT2D eigenvalue weighted by atomic mass is 10.1. The van der Waals surface area contributed by atoms with Crippen LogP contribution in [-0.4, -0.2) is 65.5 Å². The summed E-state index contributed by atoms with van der Waals surface area (Å²) >= 11 is 0. The average molecular weight is 395 g/mol. The molecule has 0 radical (unpaired) electrons. The molecule has 3 rings (SSSR count). The van der Waals surface area contributed by atoms with Crippen molar-refractivity contribution in [2.45, 2.75) is 18.9 Å². The van der Waals surface area contributed by atoms with E-state index in [-0.39, 0.29) is 24.2 Å². The fraction of sp³-hybridized carbons (Fsp3) is 0.421. The van der Waals surface area contributed by atoms with Crippen LogP contribution in [0.4, 0.5) is 23.0 Å². The van der Waals surface area contributed by atoms with Gasteiger partial charge in [0, 0.05) is 18.7 Å². The first kappa shape index (κ1) is 20.4. The number of nitrogens with zero attached hydrogens (tertiary/aromatic N) is 5. The van der Waals surface area contributed by atoms with Crippen LogP contribution >= 0.6 is 0 Å². The van der Waals surface area contributed by atoms with Gasteiger partial charge in [-0.15, -0.1) is 0 Å². The minimum Gasteiger partial charge on any atom is -0.379 e. The highest BCUT2D eigenvalue weighted by molar-refractivity contribution is 5.95. The monoisotopic (exact) mass is 395 g/mol. The second-order valence-corrected chi connectivity index (χ2v) is 7.11. The maximum atomic E-state index is 12.2. The zero-order valence-electron chi connectivity index (χ0n) is 16.6. The van der Waals surface area contributed by atoms with Gasteiger partial charge in [-0.05, 0) is 33.5 Å². The fourth-order valence-electron chi connectivity index (χ4n) is 3.00. The van der Waals surface area contributed by atoms with E-state index in [1.807, 2.05) is 26.2 Å². The molecule has 4 N–H and O–H groups in total. The Hall–Kier alpha value is -3.29. The first-order valence-electron chi connectivity index (χ1n) is 9.44. The molecule has 0 bridgehead atoms. The van der Waals surface area contributed by atoms with Crippen molar-refractivity contribution >= 4 is 28.9 Å². The van der Waals surface area contributed by atoms with Crippen LogP contribution in [0.1, 0.15) is 18.5 Å². The second kappa shape index (κ2) is 9.77. The van der Waals surface area contributed by atoms with Crippen LogP contribution in [-0.2, 0) is 4.79 Å². The molecule has 152 valence electrons. The van der Waals surface area contributed by atoms with Crippen LogP contribution in [0, 0.1) is 11.3 Å². The number of hydrogen-bond donors (Lipinski definition) is 4. The molecule has 10 nitrogen and oxygen atoms in total. The van der Waals surface area contributed by atoms with Gasteiger partial charge < -0.3 is 26.2 Å². The van der Waals surface area contributed by atoms with Gasteiger partial charge >= 0.3 is 0 Å². The van der Waals surface area contributed by atoms with Crippen LogP contribution in [0.3, 0.4) is 0 Å². The number of amides is 1. The Morgan fingerprint density at radius 1 is 1.24 bits per heavy atom. The van der Waals surface area contributed by atoms with Gasteiger partial charge in [0.1, 0.15) is 17.7 Å². The molecule has 0 aliphatic carbocycles. The summed E-state index contributed by atoms with van der Waals surface area (Å²) in [7, 11) is 3.69. The molecule has 3 heterocycles. The van der Waals surface area contributed by atoms with E-state index in [1.165, 1.54) is 12.4 Å². The Labute approximate surface area is 169 Å². The SMILES string of the molecule is CN(C)CC(=O)Nc1cnc(Nc2cnc(C#N)cn2)cc1N[C@H]1CCCNC1. The molecule has 2 aromatic heterocycles. The van der Waals surface area contributed by atoms with Crippen molar-refractivity contribution in [1.29, 1.82) is 5.26 Å². The van der Waals surface area contributed by atoms with Crippen molar-refractivity contribution in [3.8, 4) is 6.07 Å². The van der Waals surface area contributed by atoms with Crippen LogP contribution < -0.4 is 21.3 Å². The Balaban J connectivity index is 1.79. The summed E-state index contributed by atoms with van der Waals surface area (Å²) in [6.45, 7) is 2.16. The summed E-state index contributed by atoms with van der Waals surface area (Å²) in [5.41, 5.74) is 1.65. The molecule has 0 saturated carbocycles. The molecule has 0 unspecified atom stereocenters. The highest BCUT2D eigenvalue weighted by Gasteiger charge is 2.16. The zero-order chi connectivity index (χ0) is 20.6. The maximum Gasteiger partial charge on any atom is 0.238 e. The lowest BCUT2D eigenvalue weighted by Gasteiger charge is -2.26. The average Bonchev–Trinajstić information content (AvgIpc) is 2.71. The van der Waals surface area contributed by atoms with Gasteiger partial charge in [-0.2, -0.15) is 5.26 Å². The van der Waals surface area contributed by atoms with E-state index < -0.39 is 0 Å². The molecule has 1 amide bonds. The predicted octanol–water partition coefficient (Wildman–Crippen LogP) is 1.15. The lowest BCUT2D eigenvalue weighted by molar-refractivity contribution is -0.116. The van der Waals surface area contributed by atoms with E-state index in [0.717, 1.165) is 31.6 Å². The van der Waals surface area contributed by atoms with Crippen LogP contribution in [0.5, 0.6) is 0 Å². The van der Waals surface area contributed by atoms with Crippen molar-refractivity contribution in [2.75, 3.05) is 49.7 Å². The first-order chi connectivity index (χ1) is 14.0. The topological polar surface area (TPSA) is 131 Å².